The van der Waals surface area contributed by atoms with Gasteiger partial charge in [0.1, 0.15) is 5.75 Å². The highest BCUT2D eigenvalue weighted by atomic mass is 16.5. The van der Waals surface area contributed by atoms with Gasteiger partial charge < -0.3 is 14.8 Å². The van der Waals surface area contributed by atoms with Crippen molar-refractivity contribution < 1.29 is 9.47 Å². The third-order valence-electron chi connectivity index (χ3n) is 4.17. The second-order valence-electron chi connectivity index (χ2n) is 5.90. The summed E-state index contributed by atoms with van der Waals surface area (Å²) >= 11 is 0. The third-order valence-corrected chi connectivity index (χ3v) is 4.17. The van der Waals surface area contributed by atoms with E-state index in [-0.39, 0.29) is 0 Å². The average molecular weight is 261 g/mol. The first-order valence-corrected chi connectivity index (χ1v) is 7.35. The summed E-state index contributed by atoms with van der Waals surface area (Å²) in [5.74, 6) is 0.981. The molecule has 2 fully saturated rings. The molecule has 1 saturated heterocycles. The van der Waals surface area contributed by atoms with E-state index in [0.717, 1.165) is 32.1 Å². The molecular weight excluding hydrogens is 238 g/mol. The predicted molar refractivity (Wildman–Crippen MR) is 75.4 cm³/mol. The fourth-order valence-electron chi connectivity index (χ4n) is 2.56. The number of hydrogen-bond donors (Lipinski definition) is 1. The monoisotopic (exact) mass is 261 g/mol. The summed E-state index contributed by atoms with van der Waals surface area (Å²) in [5.41, 5.74) is 0.368. The molecule has 1 aromatic rings. The van der Waals surface area contributed by atoms with E-state index in [2.05, 4.69) is 5.32 Å². The van der Waals surface area contributed by atoms with Gasteiger partial charge in [0.05, 0.1) is 13.2 Å². The first kappa shape index (κ1) is 12.9. The summed E-state index contributed by atoms with van der Waals surface area (Å²) in [6.07, 6.45) is 4.99. The number of rotatable bonds is 6. The number of benzene rings is 1. The summed E-state index contributed by atoms with van der Waals surface area (Å²) in [5, 5.41) is 3.66. The Balaban J connectivity index is 1.42. The van der Waals surface area contributed by atoms with Crippen LogP contribution in [0.3, 0.4) is 0 Å². The Morgan fingerprint density at radius 3 is 2.79 bits per heavy atom. The Bertz CT molecular complexity index is 383. The van der Waals surface area contributed by atoms with Crippen molar-refractivity contribution in [3.05, 3.63) is 30.3 Å². The predicted octanol–water partition coefficient (Wildman–Crippen LogP) is 2.61. The molecule has 0 spiro atoms. The van der Waals surface area contributed by atoms with E-state index in [1.54, 1.807) is 0 Å². The van der Waals surface area contributed by atoms with E-state index in [9.17, 15) is 0 Å². The van der Waals surface area contributed by atoms with E-state index >= 15 is 0 Å². The van der Waals surface area contributed by atoms with E-state index in [4.69, 9.17) is 9.47 Å². The Morgan fingerprint density at radius 1 is 1.26 bits per heavy atom. The molecule has 1 aromatic carbocycles. The highest BCUT2D eigenvalue weighted by Crippen LogP contribution is 2.45. The highest BCUT2D eigenvalue weighted by Gasteiger charge is 2.43. The summed E-state index contributed by atoms with van der Waals surface area (Å²) in [7, 11) is 0. The second-order valence-corrected chi connectivity index (χ2v) is 5.90. The topological polar surface area (TPSA) is 30.5 Å². The smallest absolute Gasteiger partial charge is 0.119 e. The fraction of sp³-hybridized carbons (Fsp3) is 0.625. The minimum Gasteiger partial charge on any atom is -0.493 e. The van der Waals surface area contributed by atoms with Crippen molar-refractivity contribution in [3.8, 4) is 5.75 Å². The summed E-state index contributed by atoms with van der Waals surface area (Å²) in [6, 6.07) is 10.7. The van der Waals surface area contributed by atoms with Gasteiger partial charge in [-0.2, -0.15) is 0 Å². The van der Waals surface area contributed by atoms with Gasteiger partial charge in [-0.05, 0) is 37.8 Å². The molecule has 0 aromatic heterocycles. The van der Waals surface area contributed by atoms with E-state index < -0.39 is 0 Å². The fourth-order valence-corrected chi connectivity index (χ4v) is 2.56. The van der Waals surface area contributed by atoms with Crippen LogP contribution in [0.4, 0.5) is 0 Å². The molecular formula is C16H23NO2. The molecule has 1 N–H and O–H groups in total. The summed E-state index contributed by atoms with van der Waals surface area (Å²) in [4.78, 5) is 0. The summed E-state index contributed by atoms with van der Waals surface area (Å²) in [6.45, 7) is 3.70. The zero-order valence-electron chi connectivity index (χ0n) is 11.4. The van der Waals surface area contributed by atoms with Gasteiger partial charge in [0.25, 0.3) is 0 Å². The number of ether oxygens (including phenoxy) is 2. The SMILES string of the molecule is c1ccc(OCC2(CNC3CCCOC3)CC2)cc1. The molecule has 3 heteroatoms. The largest absolute Gasteiger partial charge is 0.493 e. The molecule has 0 bridgehead atoms. The van der Waals surface area contributed by atoms with Crippen molar-refractivity contribution in [1.29, 1.82) is 0 Å². The Labute approximate surface area is 115 Å². The molecule has 1 unspecified atom stereocenters. The molecule has 104 valence electrons. The van der Waals surface area contributed by atoms with E-state index in [1.165, 1.54) is 25.7 Å². The van der Waals surface area contributed by atoms with Crippen LogP contribution in [0.2, 0.25) is 0 Å². The maximum atomic E-state index is 5.90. The van der Waals surface area contributed by atoms with Crippen LogP contribution < -0.4 is 10.1 Å². The molecule has 0 radical (unpaired) electrons. The van der Waals surface area contributed by atoms with Gasteiger partial charge in [0.2, 0.25) is 0 Å². The van der Waals surface area contributed by atoms with Crippen LogP contribution in [-0.4, -0.2) is 32.4 Å². The van der Waals surface area contributed by atoms with Gasteiger partial charge in [-0.1, -0.05) is 18.2 Å². The van der Waals surface area contributed by atoms with Crippen molar-refractivity contribution in [2.24, 2.45) is 5.41 Å². The van der Waals surface area contributed by atoms with Gasteiger partial charge in [0.15, 0.2) is 0 Å². The number of nitrogens with one attached hydrogen (secondary N) is 1. The molecule has 3 rings (SSSR count). The van der Waals surface area contributed by atoms with Crippen molar-refractivity contribution in [2.45, 2.75) is 31.7 Å². The minimum atomic E-state index is 0.368. The molecule has 1 heterocycles. The van der Waals surface area contributed by atoms with Crippen LogP contribution in [0.15, 0.2) is 30.3 Å². The van der Waals surface area contributed by atoms with Crippen LogP contribution in [0, 0.1) is 5.41 Å². The number of para-hydroxylation sites is 1. The average Bonchev–Trinajstić information content (AvgIpc) is 3.26. The Kier molecular flexibility index (Phi) is 4.04. The van der Waals surface area contributed by atoms with E-state index in [0.29, 0.717) is 11.5 Å². The highest BCUT2D eigenvalue weighted by molar-refractivity contribution is 5.21. The van der Waals surface area contributed by atoms with Crippen molar-refractivity contribution in [1.82, 2.24) is 5.32 Å². The second kappa shape index (κ2) is 5.93. The third kappa shape index (κ3) is 3.71. The van der Waals surface area contributed by atoms with Crippen LogP contribution >= 0.6 is 0 Å². The van der Waals surface area contributed by atoms with Gasteiger partial charge in [0, 0.05) is 24.6 Å². The maximum absolute atomic E-state index is 5.90. The lowest BCUT2D eigenvalue weighted by Crippen LogP contribution is -2.41. The zero-order chi connectivity index (χ0) is 13.0. The van der Waals surface area contributed by atoms with Crippen LogP contribution in [0.25, 0.3) is 0 Å². The van der Waals surface area contributed by atoms with Gasteiger partial charge >= 0.3 is 0 Å². The molecule has 2 aliphatic rings. The minimum absolute atomic E-state index is 0.368. The Morgan fingerprint density at radius 2 is 2.11 bits per heavy atom. The first-order chi connectivity index (χ1) is 9.36. The molecule has 1 aliphatic carbocycles. The number of hydrogen-bond acceptors (Lipinski definition) is 3. The first-order valence-electron chi connectivity index (χ1n) is 7.35. The van der Waals surface area contributed by atoms with Crippen molar-refractivity contribution in [3.63, 3.8) is 0 Å². The lowest BCUT2D eigenvalue weighted by Gasteiger charge is -2.26. The van der Waals surface area contributed by atoms with Crippen molar-refractivity contribution in [2.75, 3.05) is 26.4 Å². The molecule has 0 amide bonds. The summed E-state index contributed by atoms with van der Waals surface area (Å²) < 4.78 is 11.4. The van der Waals surface area contributed by atoms with Crippen molar-refractivity contribution >= 4 is 0 Å². The van der Waals surface area contributed by atoms with Gasteiger partial charge in [-0.3, -0.25) is 0 Å². The molecule has 19 heavy (non-hydrogen) atoms. The molecule has 1 atom stereocenters. The lowest BCUT2D eigenvalue weighted by molar-refractivity contribution is 0.0671. The standard InChI is InChI=1S/C16H23NO2/c1-2-6-15(7-3-1)19-13-16(8-9-16)12-17-14-5-4-10-18-11-14/h1-3,6-7,14,17H,4-5,8-13H2. The van der Waals surface area contributed by atoms with Crippen LogP contribution in [0.5, 0.6) is 5.75 Å². The maximum Gasteiger partial charge on any atom is 0.119 e. The Hall–Kier alpha value is -1.06. The quantitative estimate of drug-likeness (QED) is 0.854. The lowest BCUT2D eigenvalue weighted by atomic mass is 10.1. The van der Waals surface area contributed by atoms with Crippen LogP contribution in [-0.2, 0) is 4.74 Å². The van der Waals surface area contributed by atoms with E-state index in [1.807, 2.05) is 30.3 Å². The molecule has 1 saturated carbocycles. The normalized spacial score (nSPS) is 24.9. The van der Waals surface area contributed by atoms with Crippen LogP contribution in [0.1, 0.15) is 25.7 Å². The van der Waals surface area contributed by atoms with Gasteiger partial charge in [-0.15, -0.1) is 0 Å². The molecule has 3 nitrogen and oxygen atoms in total. The zero-order valence-corrected chi connectivity index (χ0v) is 11.4. The van der Waals surface area contributed by atoms with Gasteiger partial charge in [-0.25, -0.2) is 0 Å². The molecule has 1 aliphatic heterocycles.